The number of anilines is 6. The molecular weight excluding hydrogens is 919 g/mol. The SMILES string of the molecule is c1ccc(-c2ccc(N(c3ccccc3)c3cc(-c4ccc5c(c4)c4ccccc4n5-c4ccccc4)cc(N(c4ccccc4)c4ccc5c(c4)C(c4ccccc4)(c4ccccc4)c4ccccc4-5)c3)cc2)cc1. The molecule has 3 nitrogen and oxygen atoms in total. The smallest absolute Gasteiger partial charge is 0.0714 e. The molecule has 358 valence electrons. The molecule has 1 aromatic heterocycles. The van der Waals surface area contributed by atoms with Crippen LogP contribution in [0.4, 0.5) is 34.1 Å². The second-order valence-corrected chi connectivity index (χ2v) is 19.7. The maximum atomic E-state index is 2.47. The Balaban J connectivity index is 1.02. The zero-order valence-corrected chi connectivity index (χ0v) is 41.8. The van der Waals surface area contributed by atoms with Crippen molar-refractivity contribution in [3.63, 3.8) is 0 Å². The van der Waals surface area contributed by atoms with Crippen molar-refractivity contribution in [3.05, 3.63) is 332 Å². The molecule has 0 N–H and O–H groups in total. The van der Waals surface area contributed by atoms with Crippen molar-refractivity contribution >= 4 is 55.9 Å². The fraction of sp³-hybridized carbons (Fsp3) is 0.0137. The summed E-state index contributed by atoms with van der Waals surface area (Å²) >= 11 is 0. The van der Waals surface area contributed by atoms with Crippen molar-refractivity contribution in [3.8, 4) is 39.1 Å². The number of rotatable bonds is 11. The molecule has 0 atom stereocenters. The largest absolute Gasteiger partial charge is 0.310 e. The molecule has 1 aliphatic carbocycles. The van der Waals surface area contributed by atoms with E-state index in [2.05, 4.69) is 324 Å². The molecule has 1 aliphatic rings. The Kier molecular flexibility index (Phi) is 11.1. The molecule has 1 heterocycles. The van der Waals surface area contributed by atoms with Gasteiger partial charge in [0.05, 0.1) is 16.4 Å². The van der Waals surface area contributed by atoms with E-state index in [9.17, 15) is 0 Å². The minimum atomic E-state index is -0.565. The van der Waals surface area contributed by atoms with E-state index in [0.717, 1.165) is 50.9 Å². The molecule has 76 heavy (non-hydrogen) atoms. The first-order chi connectivity index (χ1) is 37.7. The van der Waals surface area contributed by atoms with Gasteiger partial charge in [-0.25, -0.2) is 0 Å². The Morgan fingerprint density at radius 3 is 1.36 bits per heavy atom. The molecular formula is C73H51N3. The van der Waals surface area contributed by atoms with Gasteiger partial charge in [-0.05, 0) is 153 Å². The van der Waals surface area contributed by atoms with Crippen LogP contribution in [-0.4, -0.2) is 4.57 Å². The summed E-state index contributed by atoms with van der Waals surface area (Å²) in [5, 5.41) is 2.42. The number of hydrogen-bond acceptors (Lipinski definition) is 2. The van der Waals surface area contributed by atoms with Crippen molar-refractivity contribution in [1.82, 2.24) is 4.57 Å². The standard InChI is InChI=1S/C73H51N3/c1-7-23-52(24-8-1)53-39-42-61(43-40-53)74(58-29-13-4-14-30-58)63-47-55(54-41-46-72-68(49-54)67-36-20-22-38-71(67)76(72)60-33-17-6-18-34-60)48-64(50-63)75(59-31-15-5-16-32-59)62-44-45-66-65-35-19-21-37-69(65)73(70(66)51-62,56-25-9-2-10-26-56)57-27-11-3-12-28-57/h1-51H. The molecule has 0 aliphatic heterocycles. The Hall–Kier alpha value is -9.96. The molecule has 3 heteroatoms. The third-order valence-corrected chi connectivity index (χ3v) is 15.4. The third kappa shape index (κ3) is 7.51. The summed E-state index contributed by atoms with van der Waals surface area (Å²) in [7, 11) is 0. The van der Waals surface area contributed by atoms with Crippen molar-refractivity contribution in [2.75, 3.05) is 9.80 Å². The van der Waals surface area contributed by atoms with Crippen LogP contribution in [0.15, 0.2) is 309 Å². The van der Waals surface area contributed by atoms with Crippen LogP contribution in [0.5, 0.6) is 0 Å². The normalized spacial score (nSPS) is 12.3. The maximum Gasteiger partial charge on any atom is 0.0714 e. The molecule has 14 rings (SSSR count). The van der Waals surface area contributed by atoms with Crippen LogP contribution in [0.1, 0.15) is 22.3 Å². The van der Waals surface area contributed by atoms with Crippen molar-refractivity contribution in [2.24, 2.45) is 0 Å². The minimum absolute atomic E-state index is 0.565. The van der Waals surface area contributed by atoms with Gasteiger partial charge in [-0.15, -0.1) is 0 Å². The molecule has 0 spiro atoms. The van der Waals surface area contributed by atoms with Crippen LogP contribution < -0.4 is 9.80 Å². The van der Waals surface area contributed by atoms with E-state index >= 15 is 0 Å². The lowest BCUT2D eigenvalue weighted by atomic mass is 9.67. The van der Waals surface area contributed by atoms with Gasteiger partial charge in [-0.3, -0.25) is 0 Å². The summed E-state index contributed by atoms with van der Waals surface area (Å²) in [5.41, 5.74) is 21.4. The predicted octanol–water partition coefficient (Wildman–Crippen LogP) is 19.4. The highest BCUT2D eigenvalue weighted by molar-refractivity contribution is 6.10. The average Bonchev–Trinajstić information content (AvgIpc) is 4.00. The van der Waals surface area contributed by atoms with E-state index in [4.69, 9.17) is 0 Å². The van der Waals surface area contributed by atoms with Gasteiger partial charge in [0, 0.05) is 50.6 Å². The topological polar surface area (TPSA) is 11.4 Å². The van der Waals surface area contributed by atoms with Crippen molar-refractivity contribution in [1.29, 1.82) is 0 Å². The van der Waals surface area contributed by atoms with Crippen molar-refractivity contribution < 1.29 is 0 Å². The lowest BCUT2D eigenvalue weighted by Crippen LogP contribution is -2.28. The summed E-state index contributed by atoms with van der Waals surface area (Å²) in [6.45, 7) is 0. The summed E-state index contributed by atoms with van der Waals surface area (Å²) in [6, 6.07) is 113. The molecule has 0 saturated heterocycles. The number of aromatic nitrogens is 1. The number of nitrogens with zero attached hydrogens (tertiary/aromatic N) is 3. The third-order valence-electron chi connectivity index (χ3n) is 15.4. The Labute approximate surface area is 444 Å². The Morgan fingerprint density at radius 2 is 0.711 bits per heavy atom. The van der Waals surface area contributed by atoms with Crippen LogP contribution >= 0.6 is 0 Å². The minimum Gasteiger partial charge on any atom is -0.310 e. The van der Waals surface area contributed by atoms with Gasteiger partial charge in [-0.2, -0.15) is 0 Å². The van der Waals surface area contributed by atoms with Gasteiger partial charge < -0.3 is 14.4 Å². The quantitative estimate of drug-likeness (QED) is 0.128. The highest BCUT2D eigenvalue weighted by Crippen LogP contribution is 2.57. The first-order valence-electron chi connectivity index (χ1n) is 26.2. The molecule has 0 amide bonds. The molecule has 0 saturated carbocycles. The van der Waals surface area contributed by atoms with Gasteiger partial charge in [0.15, 0.2) is 0 Å². The highest BCUT2D eigenvalue weighted by atomic mass is 15.2. The van der Waals surface area contributed by atoms with E-state index in [1.165, 1.54) is 66.3 Å². The van der Waals surface area contributed by atoms with E-state index in [0.29, 0.717) is 0 Å². The molecule has 0 unspecified atom stereocenters. The summed E-state index contributed by atoms with van der Waals surface area (Å²) in [6.07, 6.45) is 0. The van der Waals surface area contributed by atoms with Crippen LogP contribution in [-0.2, 0) is 5.41 Å². The van der Waals surface area contributed by atoms with Gasteiger partial charge in [0.2, 0.25) is 0 Å². The van der Waals surface area contributed by atoms with E-state index in [1.54, 1.807) is 0 Å². The second-order valence-electron chi connectivity index (χ2n) is 19.7. The second kappa shape index (κ2) is 18.8. The predicted molar refractivity (Wildman–Crippen MR) is 318 cm³/mol. The molecule has 0 radical (unpaired) electrons. The van der Waals surface area contributed by atoms with Crippen LogP contribution in [0.25, 0.3) is 60.9 Å². The summed E-state index contributed by atoms with van der Waals surface area (Å²) in [5.74, 6) is 0. The molecule has 13 aromatic rings. The van der Waals surface area contributed by atoms with Gasteiger partial charge in [0.25, 0.3) is 0 Å². The lowest BCUT2D eigenvalue weighted by molar-refractivity contribution is 0.768. The van der Waals surface area contributed by atoms with Gasteiger partial charge in [-0.1, -0.05) is 212 Å². The lowest BCUT2D eigenvalue weighted by Gasteiger charge is -2.35. The molecule has 12 aromatic carbocycles. The zero-order chi connectivity index (χ0) is 50.4. The zero-order valence-electron chi connectivity index (χ0n) is 41.8. The first kappa shape index (κ1) is 44.7. The molecule has 0 fully saturated rings. The summed E-state index contributed by atoms with van der Waals surface area (Å²) < 4.78 is 2.39. The monoisotopic (exact) mass is 969 g/mol. The summed E-state index contributed by atoms with van der Waals surface area (Å²) in [4.78, 5) is 4.86. The average molecular weight is 970 g/mol. The van der Waals surface area contributed by atoms with Gasteiger partial charge >= 0.3 is 0 Å². The number of fused-ring (bicyclic) bond motifs is 6. The Bertz CT molecular complexity index is 4150. The first-order valence-corrected chi connectivity index (χ1v) is 26.2. The van der Waals surface area contributed by atoms with Crippen LogP contribution in [0.2, 0.25) is 0 Å². The molecule has 0 bridgehead atoms. The fourth-order valence-electron chi connectivity index (χ4n) is 12.1. The van der Waals surface area contributed by atoms with Crippen molar-refractivity contribution in [2.45, 2.75) is 5.41 Å². The highest BCUT2D eigenvalue weighted by Gasteiger charge is 2.46. The van der Waals surface area contributed by atoms with Gasteiger partial charge in [0.1, 0.15) is 0 Å². The van der Waals surface area contributed by atoms with Crippen LogP contribution in [0.3, 0.4) is 0 Å². The Morgan fingerprint density at radius 1 is 0.250 bits per heavy atom. The number of hydrogen-bond donors (Lipinski definition) is 0. The maximum absolute atomic E-state index is 2.47. The van der Waals surface area contributed by atoms with E-state index in [-0.39, 0.29) is 0 Å². The number of benzene rings is 12. The van der Waals surface area contributed by atoms with E-state index in [1.807, 2.05) is 0 Å². The van der Waals surface area contributed by atoms with E-state index < -0.39 is 5.41 Å². The van der Waals surface area contributed by atoms with Crippen LogP contribution in [0, 0.1) is 0 Å². The fourth-order valence-corrected chi connectivity index (χ4v) is 12.1. The number of para-hydroxylation sites is 4.